The molecular formula is C25H29N3O. The molecule has 1 amide bonds. The van der Waals surface area contributed by atoms with Crippen LogP contribution in [0.1, 0.15) is 49.3 Å². The molecule has 0 saturated carbocycles. The maximum atomic E-state index is 12.8. The van der Waals surface area contributed by atoms with Gasteiger partial charge in [0.1, 0.15) is 5.82 Å². The van der Waals surface area contributed by atoms with Gasteiger partial charge in [-0.05, 0) is 66.4 Å². The third kappa shape index (κ3) is 4.42. The largest absolute Gasteiger partial charge is 0.344 e. The molecule has 4 rings (SSSR count). The van der Waals surface area contributed by atoms with E-state index in [2.05, 4.69) is 60.2 Å². The van der Waals surface area contributed by atoms with Crippen LogP contribution in [0.15, 0.2) is 60.9 Å². The Labute approximate surface area is 173 Å². The van der Waals surface area contributed by atoms with Crippen LogP contribution in [-0.2, 0) is 16.6 Å². The van der Waals surface area contributed by atoms with Crippen molar-refractivity contribution in [2.75, 3.05) is 18.4 Å². The molecule has 1 saturated heterocycles. The van der Waals surface area contributed by atoms with Gasteiger partial charge < -0.3 is 10.2 Å². The molecule has 2 aliphatic heterocycles. The van der Waals surface area contributed by atoms with E-state index in [1.54, 1.807) is 6.08 Å². The molecule has 3 heterocycles. The fourth-order valence-corrected chi connectivity index (χ4v) is 4.34. The van der Waals surface area contributed by atoms with Crippen molar-refractivity contribution in [1.29, 1.82) is 0 Å². The molecule has 4 heteroatoms. The van der Waals surface area contributed by atoms with Gasteiger partial charge in [-0.2, -0.15) is 0 Å². The van der Waals surface area contributed by atoms with Gasteiger partial charge in [-0.25, -0.2) is 4.98 Å². The van der Waals surface area contributed by atoms with Gasteiger partial charge in [0.2, 0.25) is 5.91 Å². The van der Waals surface area contributed by atoms with Crippen LogP contribution in [0.2, 0.25) is 0 Å². The summed E-state index contributed by atoms with van der Waals surface area (Å²) < 4.78 is 0. The van der Waals surface area contributed by atoms with Gasteiger partial charge in [-0.3, -0.25) is 4.79 Å². The number of hydrogen-bond donors (Lipinski definition) is 1. The molecule has 4 nitrogen and oxygen atoms in total. The van der Waals surface area contributed by atoms with Crippen LogP contribution in [0.3, 0.4) is 0 Å². The first-order chi connectivity index (χ1) is 14.0. The number of aryl methyl sites for hydroxylation is 1. The third-order valence-corrected chi connectivity index (χ3v) is 6.27. The number of hydrogen-bond acceptors (Lipinski definition) is 3. The van der Waals surface area contributed by atoms with Gasteiger partial charge in [0.05, 0.1) is 0 Å². The van der Waals surface area contributed by atoms with Gasteiger partial charge >= 0.3 is 0 Å². The molecule has 1 fully saturated rings. The fourth-order valence-electron chi connectivity index (χ4n) is 4.34. The van der Waals surface area contributed by atoms with Gasteiger partial charge in [-0.15, -0.1) is 0 Å². The van der Waals surface area contributed by atoms with Crippen LogP contribution in [0, 0.1) is 0 Å². The Morgan fingerprint density at radius 2 is 2.03 bits per heavy atom. The van der Waals surface area contributed by atoms with E-state index in [1.165, 1.54) is 11.1 Å². The van der Waals surface area contributed by atoms with Gasteiger partial charge in [-0.1, -0.05) is 43.8 Å². The molecule has 1 N–H and O–H groups in total. The molecule has 1 aromatic heterocycles. The molecule has 0 radical (unpaired) electrons. The Morgan fingerprint density at radius 3 is 2.86 bits per heavy atom. The quantitative estimate of drug-likeness (QED) is 0.759. The van der Waals surface area contributed by atoms with E-state index < -0.39 is 0 Å². The first-order valence-electron chi connectivity index (χ1n) is 10.5. The molecule has 0 aliphatic carbocycles. The molecule has 1 aromatic carbocycles. The highest BCUT2D eigenvalue weighted by Gasteiger charge is 2.30. The van der Waals surface area contributed by atoms with Gasteiger partial charge in [0.15, 0.2) is 0 Å². The van der Waals surface area contributed by atoms with Crippen molar-refractivity contribution in [1.82, 2.24) is 9.88 Å². The normalized spacial score (nSPS) is 22.1. The zero-order valence-electron chi connectivity index (χ0n) is 17.2. The minimum absolute atomic E-state index is 0.0894. The van der Waals surface area contributed by atoms with Crippen LogP contribution in [0.5, 0.6) is 0 Å². The van der Waals surface area contributed by atoms with Crippen molar-refractivity contribution >= 4 is 17.8 Å². The number of fused-ring (bicyclic) bond motifs is 1. The van der Waals surface area contributed by atoms with Gasteiger partial charge in [0.25, 0.3) is 0 Å². The molecule has 150 valence electrons. The number of aromatic nitrogens is 1. The van der Waals surface area contributed by atoms with Crippen LogP contribution in [0.25, 0.3) is 6.08 Å². The lowest BCUT2D eigenvalue weighted by molar-refractivity contribution is -0.125. The third-order valence-electron chi connectivity index (χ3n) is 6.27. The summed E-state index contributed by atoms with van der Waals surface area (Å²) in [7, 11) is 0. The number of rotatable bonds is 3. The number of anilines is 1. The average molecular weight is 388 g/mol. The Kier molecular flexibility index (Phi) is 5.52. The molecule has 29 heavy (non-hydrogen) atoms. The van der Waals surface area contributed by atoms with Crippen molar-refractivity contribution < 1.29 is 4.79 Å². The van der Waals surface area contributed by atoms with Crippen molar-refractivity contribution in [3.63, 3.8) is 0 Å². The first kappa shape index (κ1) is 19.4. The number of carbonyl (C=O) groups is 1. The first-order valence-corrected chi connectivity index (χ1v) is 10.5. The number of pyridine rings is 1. The lowest BCUT2D eigenvalue weighted by Crippen LogP contribution is -2.31. The van der Waals surface area contributed by atoms with Crippen LogP contribution < -0.4 is 5.32 Å². The minimum Gasteiger partial charge on any atom is -0.344 e. The number of nitrogens with zero attached hydrogens (tertiary/aromatic N) is 2. The summed E-state index contributed by atoms with van der Waals surface area (Å²) in [6.07, 6.45) is 10.4. The number of carbonyl (C=O) groups excluding carboxylic acids is 1. The Balaban J connectivity index is 1.41. The van der Waals surface area contributed by atoms with Crippen molar-refractivity contribution in [3.8, 4) is 0 Å². The van der Waals surface area contributed by atoms with Gasteiger partial charge in [0, 0.05) is 31.1 Å². The van der Waals surface area contributed by atoms with Crippen molar-refractivity contribution in [3.05, 3.63) is 77.6 Å². The topological polar surface area (TPSA) is 45.2 Å². The number of benzene rings is 1. The summed E-state index contributed by atoms with van der Waals surface area (Å²) in [5.41, 5.74) is 4.67. The van der Waals surface area contributed by atoms with E-state index >= 15 is 0 Å². The van der Waals surface area contributed by atoms with E-state index in [1.807, 2.05) is 17.2 Å². The minimum atomic E-state index is 0.0894. The van der Waals surface area contributed by atoms with Crippen molar-refractivity contribution in [2.24, 2.45) is 0 Å². The second kappa shape index (κ2) is 8.24. The van der Waals surface area contributed by atoms with E-state index in [0.717, 1.165) is 62.3 Å². The zero-order chi connectivity index (χ0) is 20.3. The Morgan fingerprint density at radius 1 is 1.21 bits per heavy atom. The van der Waals surface area contributed by atoms with Crippen LogP contribution in [-0.4, -0.2) is 28.9 Å². The number of amides is 1. The molecule has 2 aromatic rings. The predicted octanol–water partition coefficient (Wildman–Crippen LogP) is 4.94. The highest BCUT2D eigenvalue weighted by atomic mass is 16.2. The summed E-state index contributed by atoms with van der Waals surface area (Å²) in [6.45, 7) is 7.91. The number of allylic oxidation sites excluding steroid dienone is 1. The SMILES string of the molecule is C=C1CCc2cc(/C=C/C(=O)N3CCCC(C)(c4ccccc4)CC3)cnc2N1. The molecule has 1 atom stereocenters. The smallest absolute Gasteiger partial charge is 0.246 e. The molecule has 2 aliphatic rings. The lowest BCUT2D eigenvalue weighted by Gasteiger charge is -2.29. The van der Waals surface area contributed by atoms with E-state index in [-0.39, 0.29) is 11.3 Å². The van der Waals surface area contributed by atoms with Crippen molar-refractivity contribution in [2.45, 2.75) is 44.4 Å². The molecule has 0 bridgehead atoms. The van der Waals surface area contributed by atoms with E-state index in [9.17, 15) is 4.79 Å². The molecule has 1 unspecified atom stereocenters. The van der Waals surface area contributed by atoms with E-state index in [0.29, 0.717) is 0 Å². The summed E-state index contributed by atoms with van der Waals surface area (Å²) in [6, 6.07) is 12.8. The second-order valence-electron chi connectivity index (χ2n) is 8.44. The summed E-state index contributed by atoms with van der Waals surface area (Å²) >= 11 is 0. The Hall–Kier alpha value is -2.88. The molecule has 0 spiro atoms. The highest BCUT2D eigenvalue weighted by molar-refractivity contribution is 5.91. The standard InChI is InChI=1S/C25H29N3O/c1-19-9-11-21-17-20(18-26-24(21)27-19)10-12-23(29)28-15-6-13-25(2,14-16-28)22-7-4-3-5-8-22/h3-5,7-8,10,12,17-18H,1,6,9,11,13-16H2,2H3,(H,26,27)/b12-10+. The summed E-state index contributed by atoms with van der Waals surface area (Å²) in [4.78, 5) is 19.3. The zero-order valence-corrected chi connectivity index (χ0v) is 17.2. The average Bonchev–Trinajstić information content (AvgIpc) is 2.95. The number of likely N-dealkylation sites (tertiary alicyclic amines) is 1. The summed E-state index contributed by atoms with van der Waals surface area (Å²) in [5, 5.41) is 3.23. The second-order valence-corrected chi connectivity index (χ2v) is 8.44. The lowest BCUT2D eigenvalue weighted by atomic mass is 9.76. The van der Waals surface area contributed by atoms with Crippen LogP contribution in [0.4, 0.5) is 5.82 Å². The predicted molar refractivity (Wildman–Crippen MR) is 119 cm³/mol. The summed E-state index contributed by atoms with van der Waals surface area (Å²) in [5.74, 6) is 0.976. The maximum absolute atomic E-state index is 12.8. The van der Waals surface area contributed by atoms with E-state index in [4.69, 9.17) is 0 Å². The fraction of sp³-hybridized carbons (Fsp3) is 0.360. The Bertz CT molecular complexity index is 934. The number of nitrogens with one attached hydrogen (secondary N) is 1. The highest BCUT2D eigenvalue weighted by Crippen LogP contribution is 2.35. The maximum Gasteiger partial charge on any atom is 0.246 e. The molecular weight excluding hydrogens is 358 g/mol. The van der Waals surface area contributed by atoms with Crippen LogP contribution >= 0.6 is 0 Å². The monoisotopic (exact) mass is 387 g/mol.